The minimum absolute atomic E-state index is 0.00110. The third kappa shape index (κ3) is 8.62. The molecule has 0 radical (unpaired) electrons. The lowest BCUT2D eigenvalue weighted by atomic mass is 9.95. The number of nitrogens with zero attached hydrogens (tertiary/aromatic N) is 1. The molecule has 0 spiro atoms. The molecular formula is C31H38N3O8PS+2. The van der Waals surface area contributed by atoms with Gasteiger partial charge in [0.05, 0.1) is 18.4 Å². The van der Waals surface area contributed by atoms with Crippen LogP contribution in [0.2, 0.25) is 0 Å². The monoisotopic (exact) mass is 643 g/mol. The lowest BCUT2D eigenvalue weighted by molar-refractivity contribution is -0.653. The molecule has 44 heavy (non-hydrogen) atoms. The van der Waals surface area contributed by atoms with Gasteiger partial charge in [0.15, 0.2) is 0 Å². The normalized spacial score (nSPS) is 14.0. The van der Waals surface area contributed by atoms with E-state index in [2.05, 4.69) is 10.7 Å². The maximum Gasteiger partial charge on any atom is 0.361 e. The summed E-state index contributed by atoms with van der Waals surface area (Å²) in [6.45, 7) is 5.49. The number of aliphatic hydroxyl groups is 1. The third-order valence-electron chi connectivity index (χ3n) is 6.99. The van der Waals surface area contributed by atoms with Gasteiger partial charge in [-0.15, -0.1) is 5.43 Å². The number of carboxylic acids is 1. The Labute approximate surface area is 261 Å². The second-order valence-electron chi connectivity index (χ2n) is 10.8. The molecule has 0 aliphatic heterocycles. The molecule has 11 nitrogen and oxygen atoms in total. The van der Waals surface area contributed by atoms with E-state index in [-0.39, 0.29) is 30.1 Å². The van der Waals surface area contributed by atoms with Crippen LogP contribution in [0.5, 0.6) is 0 Å². The van der Waals surface area contributed by atoms with Gasteiger partial charge in [-0.05, 0) is 66.9 Å². The van der Waals surface area contributed by atoms with Gasteiger partial charge in [0.2, 0.25) is 11.4 Å². The van der Waals surface area contributed by atoms with Gasteiger partial charge < -0.3 is 20.3 Å². The molecule has 3 aromatic rings. The van der Waals surface area contributed by atoms with E-state index >= 15 is 0 Å². The van der Waals surface area contributed by atoms with Crippen LogP contribution < -0.4 is 15.4 Å². The van der Waals surface area contributed by atoms with Gasteiger partial charge in [-0.25, -0.2) is 9.59 Å². The number of aliphatic carboxylic acids is 1. The molecule has 4 N–H and O–H groups in total. The largest absolute Gasteiger partial charge is 0.480 e. The molecule has 3 unspecified atom stereocenters. The van der Waals surface area contributed by atoms with E-state index in [1.54, 1.807) is 22.9 Å². The topological polar surface area (TPSA) is 163 Å². The highest BCUT2D eigenvalue weighted by Crippen LogP contribution is 2.37. The highest BCUT2D eigenvalue weighted by atomic mass is 32.2. The number of pyridine rings is 1. The van der Waals surface area contributed by atoms with Crippen LogP contribution in [0.25, 0.3) is 10.9 Å². The zero-order chi connectivity index (χ0) is 32.4. The molecule has 3 rings (SSSR count). The Kier molecular flexibility index (Phi) is 12.4. The van der Waals surface area contributed by atoms with Crippen molar-refractivity contribution in [3.63, 3.8) is 0 Å². The number of carbonyl (C=O) groups is 4. The molecule has 0 fully saturated rings. The molecule has 0 saturated heterocycles. The molecule has 4 atom stereocenters. The minimum atomic E-state index is -1.98. The Hall–Kier alpha value is -3.86. The molecule has 234 valence electrons. The number of methoxy groups -OCH3 is 1. The summed E-state index contributed by atoms with van der Waals surface area (Å²) in [6, 6.07) is 15.7. The molecule has 13 heteroatoms. The van der Waals surface area contributed by atoms with Crippen LogP contribution in [0.15, 0.2) is 65.7 Å². The van der Waals surface area contributed by atoms with Gasteiger partial charge in [-0.2, -0.15) is 0 Å². The number of carboxylic acid groups (broad SMARTS) is 1. The first kappa shape index (κ1) is 34.6. The maximum absolute atomic E-state index is 13.3. The number of nitrogens with one attached hydrogen (secondary N) is 2. The van der Waals surface area contributed by atoms with E-state index in [1.807, 2.05) is 39.0 Å². The highest BCUT2D eigenvalue weighted by molar-refractivity contribution is 7.99. The van der Waals surface area contributed by atoms with Gasteiger partial charge >= 0.3 is 26.3 Å². The average molecular weight is 644 g/mol. The fourth-order valence-corrected chi connectivity index (χ4v) is 6.56. The van der Waals surface area contributed by atoms with Gasteiger partial charge in [-0.1, -0.05) is 48.6 Å². The molecule has 0 aliphatic carbocycles. The zero-order valence-electron chi connectivity index (χ0n) is 25.0. The van der Waals surface area contributed by atoms with Gasteiger partial charge in [-0.3, -0.25) is 9.59 Å². The average Bonchev–Trinajstić information content (AvgIpc) is 3.02. The first-order chi connectivity index (χ1) is 20.9. The van der Waals surface area contributed by atoms with E-state index < -0.39 is 49.5 Å². The Bertz CT molecular complexity index is 1520. The number of esters is 1. The number of hydrogen-bond donors (Lipinski definition) is 4. The summed E-state index contributed by atoms with van der Waals surface area (Å²) in [5, 5.41) is 23.0. The van der Waals surface area contributed by atoms with E-state index in [1.165, 1.54) is 31.4 Å². The second-order valence-corrected chi connectivity index (χ2v) is 12.8. The number of rotatable bonds is 15. The van der Waals surface area contributed by atoms with Crippen molar-refractivity contribution in [1.82, 2.24) is 5.32 Å². The smallest absolute Gasteiger partial charge is 0.361 e. The number of amides is 2. The number of aromatic nitrogens is 1. The van der Waals surface area contributed by atoms with Crippen molar-refractivity contribution in [2.75, 3.05) is 18.3 Å². The van der Waals surface area contributed by atoms with Gasteiger partial charge in [0.1, 0.15) is 12.0 Å². The highest BCUT2D eigenvalue weighted by Gasteiger charge is 2.50. The Balaban J connectivity index is 1.91. The van der Waals surface area contributed by atoms with Crippen LogP contribution in [0.4, 0.5) is 0 Å². The molecule has 1 heterocycles. The van der Waals surface area contributed by atoms with Gasteiger partial charge in [0.25, 0.3) is 10.4 Å². The predicted octanol–water partition coefficient (Wildman–Crippen LogP) is 4.13. The number of benzene rings is 2. The molecule has 0 saturated carbocycles. The summed E-state index contributed by atoms with van der Waals surface area (Å²) < 4.78 is 18.8. The number of carbonyl (C=O) groups excluding carboxylic acids is 3. The van der Waals surface area contributed by atoms with Crippen molar-refractivity contribution in [1.29, 1.82) is 0 Å². The Morgan fingerprint density at radius 1 is 1.02 bits per heavy atom. The summed E-state index contributed by atoms with van der Waals surface area (Å²) in [4.78, 5) is 50.1. The molecule has 1 aromatic heterocycles. The van der Waals surface area contributed by atoms with Crippen LogP contribution in [0.3, 0.4) is 0 Å². The molecule has 0 aliphatic rings. The number of hydrogen-bond acceptors (Lipinski definition) is 8. The van der Waals surface area contributed by atoms with Crippen molar-refractivity contribution in [2.24, 2.45) is 11.8 Å². The van der Waals surface area contributed by atoms with Crippen LogP contribution in [0, 0.1) is 11.8 Å². The van der Waals surface area contributed by atoms with Crippen LogP contribution in [-0.2, 0) is 18.9 Å². The van der Waals surface area contributed by atoms with Gasteiger partial charge in [0, 0.05) is 23.1 Å². The lowest BCUT2D eigenvalue weighted by Gasteiger charge is -2.26. The summed E-state index contributed by atoms with van der Waals surface area (Å²) in [6.07, 6.45) is 0.870. The van der Waals surface area contributed by atoms with E-state index in [9.17, 15) is 34.0 Å². The maximum atomic E-state index is 13.3. The first-order valence-corrected chi connectivity index (χ1v) is 16.0. The van der Waals surface area contributed by atoms with E-state index in [0.717, 1.165) is 17.1 Å². The van der Waals surface area contributed by atoms with Crippen LogP contribution in [-0.4, -0.2) is 58.2 Å². The minimum Gasteiger partial charge on any atom is -0.480 e. The SMILES string of the molecule is CCCC(C(=O)N[C@@H](CC(C)C)C(=O)O)C(O)(CSc1ccc2ccccc2[n+]1NC(=O)c1ccc(C(=O)OC)cc1)[PH+]=O. The standard InChI is InChI=1S/C31H36N3O8PS/c1-5-8-23(28(36)32-24(29(37)38)17-19(2)3)31(40,43-41)18-44-26-16-15-20-9-6-7-10-25(20)34(26)33-27(35)21-11-13-22(14-12-21)30(39)42-4/h6-7,9-16,19,23-24,40H,5,8,17-18H2,1-4H3,(H2-,32,33,35,36,37,38)/p+2/t23?,24-,31?/m0/s1. The number of ether oxygens (including phenoxy) is 1. The summed E-state index contributed by atoms with van der Waals surface area (Å²) >= 11 is 1.10. The zero-order valence-corrected chi connectivity index (χ0v) is 26.8. The predicted molar refractivity (Wildman–Crippen MR) is 168 cm³/mol. The molecule has 0 bridgehead atoms. The summed E-state index contributed by atoms with van der Waals surface area (Å²) in [5.41, 5.74) is 4.07. The lowest BCUT2D eigenvalue weighted by Crippen LogP contribution is -2.52. The van der Waals surface area contributed by atoms with E-state index in [4.69, 9.17) is 4.74 Å². The molecule has 2 amide bonds. The number of para-hydroxylation sites is 1. The molecule has 2 aromatic carbocycles. The van der Waals surface area contributed by atoms with Crippen molar-refractivity contribution >= 4 is 54.9 Å². The van der Waals surface area contributed by atoms with Crippen molar-refractivity contribution in [3.05, 3.63) is 71.8 Å². The van der Waals surface area contributed by atoms with Crippen LogP contribution >= 0.6 is 20.2 Å². The first-order valence-electron chi connectivity index (χ1n) is 14.1. The van der Waals surface area contributed by atoms with Crippen molar-refractivity contribution < 1.29 is 43.4 Å². The number of fused-ring (bicyclic) bond motifs is 1. The fourth-order valence-electron chi connectivity index (χ4n) is 4.68. The van der Waals surface area contributed by atoms with Crippen LogP contribution in [0.1, 0.15) is 60.7 Å². The van der Waals surface area contributed by atoms with Crippen molar-refractivity contribution in [2.45, 2.75) is 56.4 Å². The summed E-state index contributed by atoms with van der Waals surface area (Å²) in [5.74, 6) is -4.18. The fraction of sp³-hybridized carbons (Fsp3) is 0.387. The molecular weight excluding hydrogens is 605 g/mol. The van der Waals surface area contributed by atoms with Crippen molar-refractivity contribution in [3.8, 4) is 0 Å². The second kappa shape index (κ2) is 15.7. The number of thioether (sulfide) groups is 1. The quantitative estimate of drug-likeness (QED) is 0.0825. The Morgan fingerprint density at radius 3 is 2.27 bits per heavy atom. The third-order valence-corrected chi connectivity index (χ3v) is 9.33. The van der Waals surface area contributed by atoms with E-state index in [0.29, 0.717) is 22.5 Å². The summed E-state index contributed by atoms with van der Waals surface area (Å²) in [7, 11) is -0.0183. The Morgan fingerprint density at radius 2 is 1.68 bits per heavy atom.